The highest BCUT2D eigenvalue weighted by Crippen LogP contribution is 2.23. The molecule has 1 aromatic carbocycles. The molecule has 1 saturated heterocycles. The molecule has 1 aliphatic heterocycles. The Balaban J connectivity index is 1.84. The standard InChI is InChI=1S/C14H21BrN2/c15-14-4-2-1-3-13(14)11-17-9-6-12(5-8-16)7-10-17/h1-4,12H,5-11,16H2. The van der Waals surface area contributed by atoms with E-state index in [1.54, 1.807) is 0 Å². The van der Waals surface area contributed by atoms with E-state index in [-0.39, 0.29) is 0 Å². The predicted octanol–water partition coefficient (Wildman–Crippen LogP) is 3.01. The summed E-state index contributed by atoms with van der Waals surface area (Å²) in [5.41, 5.74) is 7.01. The van der Waals surface area contributed by atoms with E-state index in [0.29, 0.717) is 0 Å². The molecule has 2 rings (SSSR count). The zero-order chi connectivity index (χ0) is 12.1. The summed E-state index contributed by atoms with van der Waals surface area (Å²) >= 11 is 3.62. The summed E-state index contributed by atoms with van der Waals surface area (Å²) in [5, 5.41) is 0. The van der Waals surface area contributed by atoms with Crippen molar-refractivity contribution in [3.63, 3.8) is 0 Å². The minimum Gasteiger partial charge on any atom is -0.330 e. The molecule has 1 fully saturated rings. The van der Waals surface area contributed by atoms with Crippen LogP contribution in [0, 0.1) is 5.92 Å². The lowest BCUT2D eigenvalue weighted by Crippen LogP contribution is -2.33. The van der Waals surface area contributed by atoms with Crippen molar-refractivity contribution >= 4 is 15.9 Å². The summed E-state index contributed by atoms with van der Waals surface area (Å²) in [6.45, 7) is 4.34. The van der Waals surface area contributed by atoms with Crippen LogP contribution in [0.2, 0.25) is 0 Å². The predicted molar refractivity (Wildman–Crippen MR) is 75.8 cm³/mol. The maximum absolute atomic E-state index is 5.62. The topological polar surface area (TPSA) is 29.3 Å². The molecule has 1 aromatic rings. The van der Waals surface area contributed by atoms with Crippen molar-refractivity contribution in [2.24, 2.45) is 11.7 Å². The van der Waals surface area contributed by atoms with Gasteiger partial charge in [0, 0.05) is 11.0 Å². The van der Waals surface area contributed by atoms with Crippen LogP contribution in [0.1, 0.15) is 24.8 Å². The van der Waals surface area contributed by atoms with Gasteiger partial charge in [-0.15, -0.1) is 0 Å². The number of nitrogens with two attached hydrogens (primary N) is 1. The van der Waals surface area contributed by atoms with E-state index >= 15 is 0 Å². The maximum atomic E-state index is 5.62. The van der Waals surface area contributed by atoms with Gasteiger partial charge in [-0.1, -0.05) is 34.1 Å². The van der Waals surface area contributed by atoms with E-state index in [0.717, 1.165) is 19.0 Å². The van der Waals surface area contributed by atoms with Crippen molar-refractivity contribution in [1.82, 2.24) is 4.90 Å². The summed E-state index contributed by atoms with van der Waals surface area (Å²) in [6, 6.07) is 8.51. The van der Waals surface area contributed by atoms with Crippen LogP contribution in [0.5, 0.6) is 0 Å². The third-order valence-corrected chi connectivity index (χ3v) is 4.41. The average Bonchev–Trinajstić information content (AvgIpc) is 2.35. The Kier molecular flexibility index (Phi) is 5.01. The molecule has 0 aliphatic carbocycles. The van der Waals surface area contributed by atoms with Gasteiger partial charge in [0.1, 0.15) is 0 Å². The first kappa shape index (κ1) is 13.1. The van der Waals surface area contributed by atoms with E-state index in [2.05, 4.69) is 45.1 Å². The third-order valence-electron chi connectivity index (χ3n) is 3.63. The van der Waals surface area contributed by atoms with Gasteiger partial charge < -0.3 is 5.73 Å². The van der Waals surface area contributed by atoms with E-state index in [1.165, 1.54) is 42.4 Å². The van der Waals surface area contributed by atoms with Gasteiger partial charge in [-0.25, -0.2) is 0 Å². The highest BCUT2D eigenvalue weighted by molar-refractivity contribution is 9.10. The first-order valence-corrected chi connectivity index (χ1v) is 7.24. The number of piperidine rings is 1. The van der Waals surface area contributed by atoms with Crippen LogP contribution in [-0.2, 0) is 6.54 Å². The van der Waals surface area contributed by atoms with Crippen LogP contribution in [0.15, 0.2) is 28.7 Å². The molecule has 0 unspecified atom stereocenters. The van der Waals surface area contributed by atoms with Gasteiger partial charge >= 0.3 is 0 Å². The Hall–Kier alpha value is -0.380. The van der Waals surface area contributed by atoms with Gasteiger partial charge in [-0.3, -0.25) is 4.90 Å². The second-order valence-corrected chi connectivity index (χ2v) is 5.74. The first-order chi connectivity index (χ1) is 8.29. The molecule has 2 N–H and O–H groups in total. The largest absolute Gasteiger partial charge is 0.330 e. The maximum Gasteiger partial charge on any atom is 0.0244 e. The van der Waals surface area contributed by atoms with Gasteiger partial charge in [-0.2, -0.15) is 0 Å². The fourth-order valence-electron chi connectivity index (χ4n) is 2.54. The van der Waals surface area contributed by atoms with E-state index in [9.17, 15) is 0 Å². The lowest BCUT2D eigenvalue weighted by Gasteiger charge is -2.32. The number of rotatable bonds is 4. The van der Waals surface area contributed by atoms with Crippen LogP contribution in [0.25, 0.3) is 0 Å². The van der Waals surface area contributed by atoms with Gasteiger partial charge in [-0.05, 0) is 56.4 Å². The minimum atomic E-state index is 0.842. The molecular weight excluding hydrogens is 276 g/mol. The minimum absolute atomic E-state index is 0.842. The molecule has 0 aromatic heterocycles. The van der Waals surface area contributed by atoms with Gasteiger partial charge in [0.2, 0.25) is 0 Å². The van der Waals surface area contributed by atoms with Crippen LogP contribution in [0.4, 0.5) is 0 Å². The summed E-state index contributed by atoms with van der Waals surface area (Å²) in [6.07, 6.45) is 3.81. The number of likely N-dealkylation sites (tertiary alicyclic amines) is 1. The summed E-state index contributed by atoms with van der Waals surface area (Å²) in [7, 11) is 0. The molecule has 0 atom stereocenters. The Morgan fingerprint density at radius 1 is 1.24 bits per heavy atom. The molecule has 0 bridgehead atoms. The van der Waals surface area contributed by atoms with Crippen LogP contribution in [0.3, 0.4) is 0 Å². The quantitative estimate of drug-likeness (QED) is 0.925. The van der Waals surface area contributed by atoms with Gasteiger partial charge in [0.25, 0.3) is 0 Å². The molecule has 0 radical (unpaired) electrons. The second-order valence-electron chi connectivity index (χ2n) is 4.89. The fraction of sp³-hybridized carbons (Fsp3) is 0.571. The average molecular weight is 297 g/mol. The number of nitrogens with zero attached hydrogens (tertiary/aromatic N) is 1. The monoisotopic (exact) mass is 296 g/mol. The van der Waals surface area contributed by atoms with Crippen molar-refractivity contribution in [3.8, 4) is 0 Å². The van der Waals surface area contributed by atoms with Gasteiger partial charge in [0.15, 0.2) is 0 Å². The van der Waals surface area contributed by atoms with Crippen molar-refractivity contribution in [2.75, 3.05) is 19.6 Å². The van der Waals surface area contributed by atoms with E-state index in [1.807, 2.05) is 0 Å². The number of benzene rings is 1. The third kappa shape index (κ3) is 3.80. The Morgan fingerprint density at radius 3 is 2.59 bits per heavy atom. The van der Waals surface area contributed by atoms with Crippen molar-refractivity contribution in [1.29, 1.82) is 0 Å². The first-order valence-electron chi connectivity index (χ1n) is 6.45. The molecule has 0 saturated carbocycles. The zero-order valence-electron chi connectivity index (χ0n) is 10.2. The van der Waals surface area contributed by atoms with Crippen LogP contribution in [-0.4, -0.2) is 24.5 Å². The number of halogens is 1. The Bertz CT molecular complexity index is 346. The van der Waals surface area contributed by atoms with Crippen LogP contribution < -0.4 is 5.73 Å². The van der Waals surface area contributed by atoms with Crippen molar-refractivity contribution in [2.45, 2.75) is 25.8 Å². The molecule has 94 valence electrons. The molecule has 3 heteroatoms. The molecular formula is C14H21BrN2. The lowest BCUT2D eigenvalue weighted by atomic mass is 9.93. The summed E-state index contributed by atoms with van der Waals surface area (Å²) in [5.74, 6) is 0.857. The van der Waals surface area contributed by atoms with Crippen molar-refractivity contribution < 1.29 is 0 Å². The summed E-state index contributed by atoms with van der Waals surface area (Å²) < 4.78 is 1.23. The SMILES string of the molecule is NCCC1CCN(Cc2ccccc2Br)CC1. The normalized spacial score (nSPS) is 18.5. The molecule has 17 heavy (non-hydrogen) atoms. The van der Waals surface area contributed by atoms with E-state index in [4.69, 9.17) is 5.73 Å². The van der Waals surface area contributed by atoms with E-state index < -0.39 is 0 Å². The Morgan fingerprint density at radius 2 is 1.94 bits per heavy atom. The number of hydrogen-bond donors (Lipinski definition) is 1. The van der Waals surface area contributed by atoms with Crippen LogP contribution >= 0.6 is 15.9 Å². The van der Waals surface area contributed by atoms with Gasteiger partial charge in [0.05, 0.1) is 0 Å². The Labute approximate surface area is 112 Å². The highest BCUT2D eigenvalue weighted by atomic mass is 79.9. The summed E-state index contributed by atoms with van der Waals surface area (Å²) in [4.78, 5) is 2.55. The highest BCUT2D eigenvalue weighted by Gasteiger charge is 2.18. The lowest BCUT2D eigenvalue weighted by molar-refractivity contribution is 0.173. The molecule has 0 amide bonds. The molecule has 1 heterocycles. The molecule has 2 nitrogen and oxygen atoms in total. The molecule has 0 spiro atoms. The van der Waals surface area contributed by atoms with Crippen molar-refractivity contribution in [3.05, 3.63) is 34.3 Å². The number of hydrogen-bond acceptors (Lipinski definition) is 2. The zero-order valence-corrected chi connectivity index (χ0v) is 11.8. The molecule has 1 aliphatic rings. The fourth-order valence-corrected chi connectivity index (χ4v) is 2.95. The smallest absolute Gasteiger partial charge is 0.0244 e. The second kappa shape index (κ2) is 6.53.